The number of hydrogen-bond acceptors (Lipinski definition) is 2. The van der Waals surface area contributed by atoms with Crippen molar-refractivity contribution in [1.82, 2.24) is 10.2 Å². The van der Waals surface area contributed by atoms with Crippen molar-refractivity contribution in [3.63, 3.8) is 0 Å². The second-order valence-electron chi connectivity index (χ2n) is 5.75. The number of nitrogens with zero attached hydrogens (tertiary/aromatic N) is 1. The topological polar surface area (TPSA) is 49.4 Å². The van der Waals surface area contributed by atoms with E-state index in [4.69, 9.17) is 0 Å². The van der Waals surface area contributed by atoms with Crippen LogP contribution < -0.4 is 5.32 Å². The Morgan fingerprint density at radius 1 is 1.35 bits per heavy atom. The minimum Gasteiger partial charge on any atom is -0.340 e. The summed E-state index contributed by atoms with van der Waals surface area (Å²) < 4.78 is 0. The van der Waals surface area contributed by atoms with Crippen LogP contribution in [0.25, 0.3) is 0 Å². The molecule has 1 N–H and O–H groups in total. The van der Waals surface area contributed by atoms with E-state index >= 15 is 0 Å². The molecule has 0 bridgehead atoms. The van der Waals surface area contributed by atoms with Gasteiger partial charge in [-0.2, -0.15) is 0 Å². The first kappa shape index (κ1) is 12.4. The number of unbranched alkanes of at least 4 members (excludes halogenated alkanes) is 1. The van der Waals surface area contributed by atoms with Crippen molar-refractivity contribution >= 4 is 11.8 Å². The lowest BCUT2D eigenvalue weighted by molar-refractivity contribution is -0.154. The first-order chi connectivity index (χ1) is 7.97. The molecule has 0 aromatic carbocycles. The Morgan fingerprint density at radius 3 is 2.53 bits per heavy atom. The summed E-state index contributed by atoms with van der Waals surface area (Å²) in [7, 11) is 0. The number of nitrogens with one attached hydrogen (secondary N) is 1. The predicted octanol–water partition coefficient (Wildman–Crippen LogP) is 1.30. The van der Waals surface area contributed by atoms with Gasteiger partial charge in [0.2, 0.25) is 11.8 Å². The number of piperazine rings is 1. The molecule has 17 heavy (non-hydrogen) atoms. The van der Waals surface area contributed by atoms with Crippen LogP contribution in [0.1, 0.15) is 46.5 Å². The largest absolute Gasteiger partial charge is 0.340 e. The molecule has 4 heteroatoms. The van der Waals surface area contributed by atoms with Crippen molar-refractivity contribution in [3.8, 4) is 0 Å². The molecule has 96 valence electrons. The molecule has 1 heterocycles. The highest BCUT2D eigenvalue weighted by molar-refractivity contribution is 5.99. The van der Waals surface area contributed by atoms with Crippen LogP contribution in [0.4, 0.5) is 0 Å². The van der Waals surface area contributed by atoms with Crippen LogP contribution in [0, 0.1) is 5.92 Å². The first-order valence-electron chi connectivity index (χ1n) is 6.60. The molecule has 1 saturated carbocycles. The Labute approximate surface area is 103 Å². The predicted molar refractivity (Wildman–Crippen MR) is 65.4 cm³/mol. The molecule has 4 nitrogen and oxygen atoms in total. The summed E-state index contributed by atoms with van der Waals surface area (Å²) >= 11 is 0. The van der Waals surface area contributed by atoms with Gasteiger partial charge in [-0.15, -0.1) is 0 Å². The Kier molecular flexibility index (Phi) is 3.15. The average molecular weight is 238 g/mol. The lowest BCUT2D eigenvalue weighted by Crippen LogP contribution is -2.68. The minimum atomic E-state index is -0.740. The van der Waals surface area contributed by atoms with E-state index in [0.29, 0.717) is 12.5 Å². The van der Waals surface area contributed by atoms with Gasteiger partial charge in [-0.25, -0.2) is 0 Å². The van der Waals surface area contributed by atoms with E-state index < -0.39 is 5.54 Å². The van der Waals surface area contributed by atoms with Gasteiger partial charge in [0.1, 0.15) is 11.6 Å². The summed E-state index contributed by atoms with van der Waals surface area (Å²) in [6.45, 7) is 6.39. The summed E-state index contributed by atoms with van der Waals surface area (Å²) in [6.07, 6.45) is 4.17. The van der Waals surface area contributed by atoms with E-state index in [-0.39, 0.29) is 17.9 Å². The van der Waals surface area contributed by atoms with Gasteiger partial charge >= 0.3 is 0 Å². The van der Waals surface area contributed by atoms with Crippen LogP contribution in [0.5, 0.6) is 0 Å². The fraction of sp³-hybridized carbons (Fsp3) is 0.846. The van der Waals surface area contributed by atoms with Crippen LogP contribution in [0.15, 0.2) is 0 Å². The molecular formula is C13H22N2O2. The molecule has 1 saturated heterocycles. The number of hydrogen-bond donors (Lipinski definition) is 1. The third kappa shape index (κ3) is 2.31. The van der Waals surface area contributed by atoms with Crippen molar-refractivity contribution in [2.75, 3.05) is 6.54 Å². The number of amides is 2. The summed E-state index contributed by atoms with van der Waals surface area (Å²) in [5.41, 5.74) is -0.740. The highest BCUT2D eigenvalue weighted by Crippen LogP contribution is 2.38. The minimum absolute atomic E-state index is 0.0354. The smallest absolute Gasteiger partial charge is 0.248 e. The summed E-state index contributed by atoms with van der Waals surface area (Å²) in [5.74, 6) is 0.502. The quantitative estimate of drug-likeness (QED) is 0.802. The summed E-state index contributed by atoms with van der Waals surface area (Å²) in [6, 6.07) is -0.206. The molecule has 0 radical (unpaired) electrons. The van der Waals surface area contributed by atoms with E-state index in [1.807, 2.05) is 4.90 Å². The Hall–Kier alpha value is -1.06. The highest BCUT2D eigenvalue weighted by Gasteiger charge is 2.50. The fourth-order valence-electron chi connectivity index (χ4n) is 2.51. The van der Waals surface area contributed by atoms with Crippen LogP contribution in [-0.2, 0) is 9.59 Å². The van der Waals surface area contributed by atoms with Crippen LogP contribution >= 0.6 is 0 Å². The Bertz CT molecular complexity index is 334. The fourth-order valence-corrected chi connectivity index (χ4v) is 2.51. The number of carbonyl (C=O) groups excluding carboxylic acids is 2. The Balaban J connectivity index is 2.18. The second-order valence-corrected chi connectivity index (χ2v) is 5.75. The van der Waals surface area contributed by atoms with Crippen molar-refractivity contribution in [1.29, 1.82) is 0 Å². The molecule has 1 atom stereocenters. The van der Waals surface area contributed by atoms with E-state index in [1.54, 1.807) is 13.8 Å². The maximum atomic E-state index is 12.4. The van der Waals surface area contributed by atoms with Gasteiger partial charge in [0, 0.05) is 6.54 Å². The van der Waals surface area contributed by atoms with Gasteiger partial charge in [0.05, 0.1) is 0 Å². The standard InChI is InChI=1S/C13H22N2O2/c1-4-5-8-15-10(9-6-7-9)11(16)14-13(2,3)12(15)17/h9-10H,4-8H2,1-3H3,(H,14,16). The first-order valence-corrected chi connectivity index (χ1v) is 6.60. The third-order valence-electron chi connectivity index (χ3n) is 3.66. The maximum Gasteiger partial charge on any atom is 0.248 e. The molecule has 1 aliphatic heterocycles. The number of rotatable bonds is 4. The zero-order valence-electron chi connectivity index (χ0n) is 11.0. The monoisotopic (exact) mass is 238 g/mol. The van der Waals surface area contributed by atoms with Gasteiger partial charge in [-0.3, -0.25) is 9.59 Å². The zero-order valence-corrected chi connectivity index (χ0v) is 11.0. The van der Waals surface area contributed by atoms with Crippen molar-refractivity contribution < 1.29 is 9.59 Å². The van der Waals surface area contributed by atoms with Gasteiger partial charge in [-0.1, -0.05) is 13.3 Å². The molecule has 0 spiro atoms. The van der Waals surface area contributed by atoms with Gasteiger partial charge < -0.3 is 10.2 Å². The normalized spacial score (nSPS) is 28.2. The average Bonchev–Trinajstić information content (AvgIpc) is 3.04. The molecule has 2 amide bonds. The van der Waals surface area contributed by atoms with Crippen molar-refractivity contribution in [3.05, 3.63) is 0 Å². The lowest BCUT2D eigenvalue weighted by atomic mass is 9.94. The Morgan fingerprint density at radius 2 is 2.00 bits per heavy atom. The third-order valence-corrected chi connectivity index (χ3v) is 3.66. The molecule has 0 aromatic heterocycles. The van der Waals surface area contributed by atoms with Gasteiger partial charge in [-0.05, 0) is 39.0 Å². The molecule has 2 aliphatic rings. The van der Waals surface area contributed by atoms with E-state index in [9.17, 15) is 9.59 Å². The van der Waals surface area contributed by atoms with Gasteiger partial charge in [0.25, 0.3) is 0 Å². The zero-order chi connectivity index (χ0) is 12.6. The van der Waals surface area contributed by atoms with E-state index in [2.05, 4.69) is 12.2 Å². The summed E-state index contributed by atoms with van der Waals surface area (Å²) in [4.78, 5) is 26.3. The molecule has 1 unspecified atom stereocenters. The highest BCUT2D eigenvalue weighted by atomic mass is 16.2. The van der Waals surface area contributed by atoms with E-state index in [0.717, 1.165) is 25.7 Å². The number of carbonyl (C=O) groups is 2. The van der Waals surface area contributed by atoms with Crippen molar-refractivity contribution in [2.24, 2.45) is 5.92 Å². The lowest BCUT2D eigenvalue weighted by Gasteiger charge is -2.43. The van der Waals surface area contributed by atoms with Gasteiger partial charge in [0.15, 0.2) is 0 Å². The molecule has 2 fully saturated rings. The maximum absolute atomic E-state index is 12.4. The van der Waals surface area contributed by atoms with Crippen LogP contribution in [-0.4, -0.2) is 34.8 Å². The SMILES string of the molecule is CCCCN1C(=O)C(C)(C)NC(=O)C1C1CC1. The summed E-state index contributed by atoms with van der Waals surface area (Å²) in [5, 5.41) is 2.85. The van der Waals surface area contributed by atoms with Crippen LogP contribution in [0.2, 0.25) is 0 Å². The van der Waals surface area contributed by atoms with E-state index in [1.165, 1.54) is 0 Å². The molecular weight excluding hydrogens is 216 g/mol. The molecule has 2 rings (SSSR count). The van der Waals surface area contributed by atoms with Crippen molar-refractivity contribution in [2.45, 2.75) is 58.0 Å². The second kappa shape index (κ2) is 4.31. The molecule has 1 aliphatic carbocycles. The molecule has 0 aromatic rings. The van der Waals surface area contributed by atoms with Crippen LogP contribution in [0.3, 0.4) is 0 Å².